The summed E-state index contributed by atoms with van der Waals surface area (Å²) >= 11 is 1.62. The number of amides is 1. The summed E-state index contributed by atoms with van der Waals surface area (Å²) in [6, 6.07) is 28.4. The molecule has 2 aliphatic rings. The Morgan fingerprint density at radius 1 is 1.00 bits per heavy atom. The molecule has 2 aliphatic heterocycles. The molecule has 2 atom stereocenters. The molecule has 36 heavy (non-hydrogen) atoms. The number of nitrogens with zero attached hydrogens (tertiary/aromatic N) is 2. The van der Waals surface area contributed by atoms with E-state index in [1.165, 1.54) is 0 Å². The largest absolute Gasteiger partial charge is 0.448 e. The maximum Gasteiger partial charge on any atom is 0.356 e. The SMILES string of the molecule is C=CCC1=C(C(=O)OC(c2ccccc2)c2ccccc2)N2C(=O)C(N=Cc3ccccc3)[C@H]2SC1. The molecule has 6 heteroatoms. The molecular formula is C30H26N2O3S. The third kappa shape index (κ3) is 4.77. The number of fused-ring (bicyclic) bond motifs is 1. The van der Waals surface area contributed by atoms with E-state index >= 15 is 0 Å². The average Bonchev–Trinajstić information content (AvgIpc) is 2.93. The molecule has 3 aromatic rings. The number of hydrogen-bond donors (Lipinski definition) is 0. The van der Waals surface area contributed by atoms with E-state index in [4.69, 9.17) is 4.74 Å². The zero-order valence-electron chi connectivity index (χ0n) is 19.7. The summed E-state index contributed by atoms with van der Waals surface area (Å²) in [5.41, 5.74) is 3.83. The Morgan fingerprint density at radius 2 is 1.58 bits per heavy atom. The van der Waals surface area contributed by atoms with E-state index in [0.29, 0.717) is 17.9 Å². The van der Waals surface area contributed by atoms with Crippen LogP contribution in [0.4, 0.5) is 0 Å². The number of carbonyl (C=O) groups is 2. The van der Waals surface area contributed by atoms with Gasteiger partial charge in [0.1, 0.15) is 11.1 Å². The van der Waals surface area contributed by atoms with E-state index in [2.05, 4.69) is 11.6 Å². The van der Waals surface area contributed by atoms with Gasteiger partial charge in [-0.3, -0.25) is 14.7 Å². The Labute approximate surface area is 215 Å². The van der Waals surface area contributed by atoms with E-state index in [-0.39, 0.29) is 11.3 Å². The van der Waals surface area contributed by atoms with Crippen LogP contribution in [0.2, 0.25) is 0 Å². The monoisotopic (exact) mass is 494 g/mol. The molecule has 0 bridgehead atoms. The van der Waals surface area contributed by atoms with Gasteiger partial charge < -0.3 is 4.74 Å². The van der Waals surface area contributed by atoms with Gasteiger partial charge in [-0.05, 0) is 28.7 Å². The van der Waals surface area contributed by atoms with Crippen LogP contribution in [0.15, 0.2) is 120 Å². The van der Waals surface area contributed by atoms with Gasteiger partial charge in [0.05, 0.1) is 0 Å². The molecule has 5 nitrogen and oxygen atoms in total. The molecule has 0 N–H and O–H groups in total. The number of rotatable bonds is 8. The number of thioether (sulfide) groups is 1. The highest BCUT2D eigenvalue weighted by atomic mass is 32.2. The lowest BCUT2D eigenvalue weighted by molar-refractivity contribution is -0.153. The predicted octanol–water partition coefficient (Wildman–Crippen LogP) is 5.55. The van der Waals surface area contributed by atoms with Gasteiger partial charge in [0.15, 0.2) is 12.1 Å². The molecule has 1 amide bonds. The van der Waals surface area contributed by atoms with Gasteiger partial charge in [-0.2, -0.15) is 0 Å². The Morgan fingerprint density at radius 3 is 2.17 bits per heavy atom. The first-order valence-corrected chi connectivity index (χ1v) is 12.9. The molecule has 0 spiro atoms. The molecule has 0 aliphatic carbocycles. The van der Waals surface area contributed by atoms with Crippen molar-refractivity contribution in [1.82, 2.24) is 4.90 Å². The molecule has 0 saturated carbocycles. The Balaban J connectivity index is 1.43. The number of β-lactam (4-membered cyclic amide) rings is 1. The van der Waals surface area contributed by atoms with Crippen molar-refractivity contribution in [2.75, 3.05) is 5.75 Å². The van der Waals surface area contributed by atoms with Crippen LogP contribution < -0.4 is 0 Å². The molecular weight excluding hydrogens is 468 g/mol. The van der Waals surface area contributed by atoms with Gasteiger partial charge in [0.2, 0.25) is 0 Å². The normalized spacial score (nSPS) is 19.2. The molecule has 1 unspecified atom stereocenters. The Bertz CT molecular complexity index is 1270. The molecule has 1 fully saturated rings. The number of allylic oxidation sites excluding steroid dienone is 1. The highest BCUT2D eigenvalue weighted by Crippen LogP contribution is 2.43. The molecule has 0 radical (unpaired) electrons. The van der Waals surface area contributed by atoms with Crippen molar-refractivity contribution in [3.05, 3.63) is 132 Å². The van der Waals surface area contributed by atoms with Gasteiger partial charge in [-0.15, -0.1) is 18.3 Å². The summed E-state index contributed by atoms with van der Waals surface area (Å²) < 4.78 is 6.13. The van der Waals surface area contributed by atoms with Gasteiger partial charge in [-0.1, -0.05) is 97.1 Å². The van der Waals surface area contributed by atoms with Crippen molar-refractivity contribution in [1.29, 1.82) is 0 Å². The number of benzene rings is 3. The number of hydrogen-bond acceptors (Lipinski definition) is 5. The van der Waals surface area contributed by atoms with Crippen LogP contribution in [0.1, 0.15) is 29.2 Å². The zero-order valence-corrected chi connectivity index (χ0v) is 20.5. The summed E-state index contributed by atoms with van der Waals surface area (Å²) in [6.45, 7) is 3.84. The van der Waals surface area contributed by atoms with E-state index in [1.54, 1.807) is 29.0 Å². The third-order valence-electron chi connectivity index (χ3n) is 6.22. The summed E-state index contributed by atoms with van der Waals surface area (Å²) in [7, 11) is 0. The number of esters is 1. The van der Waals surface area contributed by atoms with Crippen LogP contribution >= 0.6 is 11.8 Å². The van der Waals surface area contributed by atoms with Crippen LogP contribution in [0, 0.1) is 0 Å². The lowest BCUT2D eigenvalue weighted by Gasteiger charge is -2.48. The van der Waals surface area contributed by atoms with E-state index in [0.717, 1.165) is 22.3 Å². The maximum absolute atomic E-state index is 13.7. The molecule has 0 aromatic heterocycles. The molecule has 5 rings (SSSR count). The van der Waals surface area contributed by atoms with Crippen LogP contribution in [0.5, 0.6) is 0 Å². The standard InChI is InChI=1S/C30H26N2O3S/c1-2-12-24-20-36-29-25(31-19-21-13-6-3-7-14-21)28(33)32(29)26(24)30(34)35-27(22-15-8-4-9-16-22)23-17-10-5-11-18-23/h2-11,13-19,25,27,29H,1,12,20H2/t25?,29-/m1/s1. The number of aliphatic imine (C=N–C) groups is 1. The maximum atomic E-state index is 13.7. The quantitative estimate of drug-likeness (QED) is 0.178. The fourth-order valence-electron chi connectivity index (χ4n) is 4.44. The fourth-order valence-corrected chi connectivity index (χ4v) is 5.79. The minimum atomic E-state index is -0.589. The van der Waals surface area contributed by atoms with Crippen LogP contribution in [0.3, 0.4) is 0 Å². The first-order valence-electron chi connectivity index (χ1n) is 11.8. The van der Waals surface area contributed by atoms with E-state index < -0.39 is 18.1 Å². The number of ether oxygens (including phenoxy) is 1. The second-order valence-electron chi connectivity index (χ2n) is 8.60. The van der Waals surface area contributed by atoms with Crippen molar-refractivity contribution >= 4 is 29.9 Å². The van der Waals surface area contributed by atoms with Gasteiger partial charge in [0.25, 0.3) is 5.91 Å². The topological polar surface area (TPSA) is 59.0 Å². The van der Waals surface area contributed by atoms with Crippen LogP contribution in [0.25, 0.3) is 0 Å². The van der Waals surface area contributed by atoms with Gasteiger partial charge in [0, 0.05) is 12.0 Å². The van der Waals surface area contributed by atoms with Crippen LogP contribution in [-0.4, -0.2) is 40.2 Å². The average molecular weight is 495 g/mol. The summed E-state index contributed by atoms with van der Waals surface area (Å²) in [5.74, 6) is -0.0820. The van der Waals surface area contributed by atoms with Crippen molar-refractivity contribution in [2.45, 2.75) is 23.9 Å². The third-order valence-corrected chi connectivity index (χ3v) is 7.54. The minimum Gasteiger partial charge on any atom is -0.448 e. The first kappa shape index (κ1) is 23.8. The fraction of sp³-hybridized carbons (Fsp3) is 0.167. The van der Waals surface area contributed by atoms with Crippen molar-refractivity contribution in [3.8, 4) is 0 Å². The van der Waals surface area contributed by atoms with Crippen molar-refractivity contribution < 1.29 is 14.3 Å². The molecule has 2 heterocycles. The molecule has 3 aromatic carbocycles. The zero-order chi connectivity index (χ0) is 24.9. The lowest BCUT2D eigenvalue weighted by atomic mass is 10.00. The minimum absolute atomic E-state index is 0.191. The van der Waals surface area contributed by atoms with Crippen LogP contribution in [-0.2, 0) is 14.3 Å². The van der Waals surface area contributed by atoms with Crippen molar-refractivity contribution in [2.24, 2.45) is 4.99 Å². The Hall–Kier alpha value is -3.90. The van der Waals surface area contributed by atoms with Gasteiger partial charge >= 0.3 is 5.97 Å². The summed E-state index contributed by atoms with van der Waals surface area (Å²) in [5, 5.41) is -0.236. The van der Waals surface area contributed by atoms with E-state index in [1.807, 2.05) is 91.0 Å². The smallest absolute Gasteiger partial charge is 0.356 e. The summed E-state index contributed by atoms with van der Waals surface area (Å²) in [6.07, 6.45) is 3.40. The Kier molecular flexibility index (Phi) is 7.14. The second kappa shape index (κ2) is 10.8. The molecule has 180 valence electrons. The van der Waals surface area contributed by atoms with E-state index in [9.17, 15) is 9.59 Å². The predicted molar refractivity (Wildman–Crippen MR) is 144 cm³/mol. The van der Waals surface area contributed by atoms with Gasteiger partial charge in [-0.25, -0.2) is 4.79 Å². The highest BCUT2D eigenvalue weighted by molar-refractivity contribution is 8.00. The second-order valence-corrected chi connectivity index (χ2v) is 9.70. The molecule has 1 saturated heterocycles. The number of carbonyl (C=O) groups excluding carboxylic acids is 2. The summed E-state index contributed by atoms with van der Waals surface area (Å²) in [4.78, 5) is 33.1. The lowest BCUT2D eigenvalue weighted by Crippen LogP contribution is -2.64. The van der Waals surface area contributed by atoms with Crippen molar-refractivity contribution in [3.63, 3.8) is 0 Å². The highest BCUT2D eigenvalue weighted by Gasteiger charge is 2.53. The first-order chi connectivity index (χ1) is 17.7.